The van der Waals surface area contributed by atoms with Crippen LogP contribution in [0.3, 0.4) is 0 Å². The maximum absolute atomic E-state index is 12.0. The van der Waals surface area contributed by atoms with Crippen molar-refractivity contribution in [2.45, 2.75) is 25.3 Å². The summed E-state index contributed by atoms with van der Waals surface area (Å²) in [5, 5.41) is 3.93. The first kappa shape index (κ1) is 16.4. The molecule has 1 saturated carbocycles. The number of amides is 1. The van der Waals surface area contributed by atoms with Crippen LogP contribution in [0, 0.1) is 5.92 Å². The molecule has 1 aromatic rings. The molecule has 0 spiro atoms. The summed E-state index contributed by atoms with van der Waals surface area (Å²) in [6.07, 6.45) is 3.19. The average Bonchev–Trinajstić information content (AvgIpc) is 2.85. The average molecular weight is 332 g/mol. The van der Waals surface area contributed by atoms with Gasteiger partial charge in [0.25, 0.3) is 5.91 Å². The summed E-state index contributed by atoms with van der Waals surface area (Å²) < 4.78 is 10.6. The molecule has 0 radical (unpaired) electrons. The van der Waals surface area contributed by atoms with Crippen LogP contribution in [0.4, 0.5) is 0 Å². The van der Waals surface area contributed by atoms with E-state index < -0.39 is 0 Å². The Balaban J connectivity index is 1.82. The summed E-state index contributed by atoms with van der Waals surface area (Å²) in [5.41, 5.74) is 0. The van der Waals surface area contributed by atoms with Gasteiger partial charge < -0.3 is 14.8 Å². The Hall–Kier alpha value is -0.970. The molecule has 2 atom stereocenters. The Morgan fingerprint density at radius 1 is 1.38 bits per heavy atom. The lowest BCUT2D eigenvalue weighted by Crippen LogP contribution is -2.41. The van der Waals surface area contributed by atoms with E-state index in [1.54, 1.807) is 25.3 Å². The highest BCUT2D eigenvalue weighted by molar-refractivity contribution is 6.35. The molecular weight excluding hydrogens is 313 g/mol. The van der Waals surface area contributed by atoms with Gasteiger partial charge in [0.1, 0.15) is 5.75 Å². The number of ether oxygens (including phenoxy) is 2. The second kappa shape index (κ2) is 7.87. The van der Waals surface area contributed by atoms with Crippen molar-refractivity contribution in [3.05, 3.63) is 28.2 Å². The van der Waals surface area contributed by atoms with E-state index in [1.165, 1.54) is 0 Å². The molecular formula is C15H19Cl2NO3. The third-order valence-electron chi connectivity index (χ3n) is 3.64. The predicted molar refractivity (Wildman–Crippen MR) is 83.1 cm³/mol. The molecule has 1 aliphatic rings. The zero-order valence-electron chi connectivity index (χ0n) is 11.9. The van der Waals surface area contributed by atoms with Crippen LogP contribution in [0.1, 0.15) is 19.3 Å². The molecule has 4 nitrogen and oxygen atoms in total. The molecule has 21 heavy (non-hydrogen) atoms. The highest BCUT2D eigenvalue weighted by Gasteiger charge is 2.28. The molecule has 0 heterocycles. The lowest BCUT2D eigenvalue weighted by molar-refractivity contribution is -0.124. The van der Waals surface area contributed by atoms with E-state index in [4.69, 9.17) is 32.7 Å². The van der Waals surface area contributed by atoms with Crippen LogP contribution in [0.25, 0.3) is 0 Å². The molecule has 1 aromatic carbocycles. The van der Waals surface area contributed by atoms with Crippen LogP contribution in [-0.2, 0) is 9.53 Å². The van der Waals surface area contributed by atoms with E-state index >= 15 is 0 Å². The smallest absolute Gasteiger partial charge is 0.258 e. The lowest BCUT2D eigenvalue weighted by atomic mass is 10.1. The molecule has 0 aliphatic heterocycles. The van der Waals surface area contributed by atoms with E-state index in [0.717, 1.165) is 19.3 Å². The largest absolute Gasteiger partial charge is 0.482 e. The Labute approximate surface area is 134 Å². The normalized spacial score (nSPS) is 21.3. The number of hydrogen-bond donors (Lipinski definition) is 1. The molecule has 1 amide bonds. The Bertz CT molecular complexity index is 496. The highest BCUT2D eigenvalue weighted by atomic mass is 35.5. The second-order valence-corrected chi connectivity index (χ2v) is 6.03. The summed E-state index contributed by atoms with van der Waals surface area (Å²) in [7, 11) is 1.68. The third-order valence-corrected chi connectivity index (χ3v) is 4.17. The topological polar surface area (TPSA) is 47.6 Å². The van der Waals surface area contributed by atoms with Gasteiger partial charge in [-0.2, -0.15) is 0 Å². The molecule has 116 valence electrons. The zero-order valence-corrected chi connectivity index (χ0v) is 13.4. The maximum atomic E-state index is 12.0. The SMILES string of the molecule is COC[C@@H]1CCC[C@@H]1NC(=O)COc1ccc(Cl)cc1Cl. The van der Waals surface area contributed by atoms with Gasteiger partial charge in [-0.25, -0.2) is 0 Å². The van der Waals surface area contributed by atoms with Crippen molar-refractivity contribution < 1.29 is 14.3 Å². The van der Waals surface area contributed by atoms with Crippen molar-refractivity contribution in [3.63, 3.8) is 0 Å². The van der Waals surface area contributed by atoms with Crippen molar-refractivity contribution in [1.82, 2.24) is 5.32 Å². The van der Waals surface area contributed by atoms with Gasteiger partial charge >= 0.3 is 0 Å². The fraction of sp³-hybridized carbons (Fsp3) is 0.533. The lowest BCUT2D eigenvalue weighted by Gasteiger charge is -2.20. The van der Waals surface area contributed by atoms with Gasteiger partial charge in [-0.3, -0.25) is 4.79 Å². The van der Waals surface area contributed by atoms with Crippen LogP contribution in [0.5, 0.6) is 5.75 Å². The minimum Gasteiger partial charge on any atom is -0.482 e. The number of halogens is 2. The van der Waals surface area contributed by atoms with Crippen molar-refractivity contribution in [2.75, 3.05) is 20.3 Å². The standard InChI is InChI=1S/C15H19Cl2NO3/c1-20-8-10-3-2-4-13(10)18-15(19)9-21-14-6-5-11(16)7-12(14)17/h5-7,10,13H,2-4,8-9H2,1H3,(H,18,19)/t10-,13-/m0/s1. The number of carbonyl (C=O) groups is 1. The number of carbonyl (C=O) groups excluding carboxylic acids is 1. The quantitative estimate of drug-likeness (QED) is 0.869. The van der Waals surface area contributed by atoms with Gasteiger partial charge in [0, 0.05) is 24.1 Å². The minimum atomic E-state index is -0.144. The summed E-state index contributed by atoms with van der Waals surface area (Å²) in [6, 6.07) is 5.08. The monoisotopic (exact) mass is 331 g/mol. The Kier molecular flexibility index (Phi) is 6.15. The second-order valence-electron chi connectivity index (χ2n) is 5.18. The van der Waals surface area contributed by atoms with Crippen molar-refractivity contribution in [1.29, 1.82) is 0 Å². The molecule has 1 fully saturated rings. The van der Waals surface area contributed by atoms with Gasteiger partial charge in [-0.15, -0.1) is 0 Å². The first-order valence-corrected chi connectivity index (χ1v) is 7.72. The van der Waals surface area contributed by atoms with Gasteiger partial charge in [-0.1, -0.05) is 29.6 Å². The first-order chi connectivity index (χ1) is 10.1. The van der Waals surface area contributed by atoms with Gasteiger partial charge in [0.15, 0.2) is 6.61 Å². The van der Waals surface area contributed by atoms with Crippen LogP contribution < -0.4 is 10.1 Å². The van der Waals surface area contributed by atoms with E-state index in [9.17, 15) is 4.79 Å². The molecule has 1 N–H and O–H groups in total. The molecule has 0 aromatic heterocycles. The van der Waals surface area contributed by atoms with Crippen LogP contribution in [-0.4, -0.2) is 32.3 Å². The zero-order chi connectivity index (χ0) is 15.2. The number of methoxy groups -OCH3 is 1. The van der Waals surface area contributed by atoms with Gasteiger partial charge in [0.05, 0.1) is 11.6 Å². The number of rotatable bonds is 6. The summed E-state index contributed by atoms with van der Waals surface area (Å²) >= 11 is 11.8. The van der Waals surface area contributed by atoms with Crippen LogP contribution in [0.15, 0.2) is 18.2 Å². The molecule has 0 saturated heterocycles. The van der Waals surface area contributed by atoms with E-state index in [1.807, 2.05) is 0 Å². The maximum Gasteiger partial charge on any atom is 0.258 e. The fourth-order valence-corrected chi connectivity index (χ4v) is 3.09. The summed E-state index contributed by atoms with van der Waals surface area (Å²) in [5.74, 6) is 0.697. The minimum absolute atomic E-state index is 0.0580. The molecule has 6 heteroatoms. The fourth-order valence-electron chi connectivity index (χ4n) is 2.62. The Morgan fingerprint density at radius 3 is 2.90 bits per heavy atom. The van der Waals surface area contributed by atoms with Crippen molar-refractivity contribution >= 4 is 29.1 Å². The summed E-state index contributed by atoms with van der Waals surface area (Å²) in [6.45, 7) is 0.617. The predicted octanol–water partition coefficient (Wildman–Crippen LogP) is 3.30. The first-order valence-electron chi connectivity index (χ1n) is 6.96. The Morgan fingerprint density at radius 2 is 2.19 bits per heavy atom. The molecule has 0 unspecified atom stereocenters. The van der Waals surface area contributed by atoms with E-state index in [2.05, 4.69) is 5.32 Å². The number of hydrogen-bond acceptors (Lipinski definition) is 3. The molecule has 2 rings (SSSR count). The highest BCUT2D eigenvalue weighted by Crippen LogP contribution is 2.28. The van der Waals surface area contributed by atoms with Crippen LogP contribution in [0.2, 0.25) is 10.0 Å². The van der Waals surface area contributed by atoms with Crippen LogP contribution >= 0.6 is 23.2 Å². The van der Waals surface area contributed by atoms with E-state index in [-0.39, 0.29) is 18.6 Å². The van der Waals surface area contributed by atoms with Gasteiger partial charge in [0.2, 0.25) is 0 Å². The van der Waals surface area contributed by atoms with E-state index in [0.29, 0.717) is 28.3 Å². The number of benzene rings is 1. The summed E-state index contributed by atoms with van der Waals surface area (Å²) in [4.78, 5) is 12.0. The third kappa shape index (κ3) is 4.77. The van der Waals surface area contributed by atoms with Crippen molar-refractivity contribution in [3.8, 4) is 5.75 Å². The van der Waals surface area contributed by atoms with Crippen molar-refractivity contribution in [2.24, 2.45) is 5.92 Å². The molecule has 1 aliphatic carbocycles. The number of nitrogens with one attached hydrogen (secondary N) is 1. The molecule has 0 bridgehead atoms. The van der Waals surface area contributed by atoms with Gasteiger partial charge in [-0.05, 0) is 31.0 Å².